The van der Waals surface area contributed by atoms with E-state index in [0.29, 0.717) is 18.1 Å². The molecule has 0 aliphatic carbocycles. The second-order valence-electron chi connectivity index (χ2n) is 5.54. The zero-order valence-corrected chi connectivity index (χ0v) is 13.6. The predicted octanol–water partition coefficient (Wildman–Crippen LogP) is 1.65. The van der Waals surface area contributed by atoms with Crippen molar-refractivity contribution in [2.45, 2.75) is 38.9 Å². The maximum absolute atomic E-state index is 11.8. The Kier molecular flexibility index (Phi) is 5.74. The van der Waals surface area contributed by atoms with Crippen LogP contribution in [0.1, 0.15) is 33.4 Å². The maximum atomic E-state index is 11.8. The van der Waals surface area contributed by atoms with E-state index in [1.807, 2.05) is 33.8 Å². The Bertz CT molecular complexity index is 491. The van der Waals surface area contributed by atoms with E-state index < -0.39 is 10.8 Å². The molecule has 0 fully saturated rings. The minimum Gasteiger partial charge on any atom is -0.337 e. The number of urea groups is 1. The summed E-state index contributed by atoms with van der Waals surface area (Å²) in [4.78, 5) is 11.7. The van der Waals surface area contributed by atoms with E-state index >= 15 is 0 Å². The topological polar surface area (TPSA) is 76.0 Å². The van der Waals surface area contributed by atoms with E-state index in [2.05, 4.69) is 15.7 Å². The molecule has 0 saturated carbocycles. The molecular formula is C13H24N4O2S. The normalized spacial score (nSPS) is 13.1. The van der Waals surface area contributed by atoms with Crippen molar-refractivity contribution in [1.82, 2.24) is 15.1 Å². The van der Waals surface area contributed by atoms with E-state index in [9.17, 15) is 9.00 Å². The van der Waals surface area contributed by atoms with E-state index in [0.717, 1.165) is 12.1 Å². The van der Waals surface area contributed by atoms with Crippen molar-refractivity contribution in [2.75, 3.05) is 17.6 Å². The van der Waals surface area contributed by atoms with Gasteiger partial charge in [-0.1, -0.05) is 6.92 Å². The highest BCUT2D eigenvalue weighted by atomic mass is 32.2. The van der Waals surface area contributed by atoms with Gasteiger partial charge in [0, 0.05) is 41.0 Å². The van der Waals surface area contributed by atoms with Crippen molar-refractivity contribution in [1.29, 1.82) is 0 Å². The number of aromatic nitrogens is 2. The van der Waals surface area contributed by atoms with Crippen LogP contribution in [0.3, 0.4) is 0 Å². The van der Waals surface area contributed by atoms with Crippen LogP contribution >= 0.6 is 0 Å². The van der Waals surface area contributed by atoms with E-state index in [1.165, 1.54) is 0 Å². The standard InChI is InChI=1S/C13H24N4O2S/c1-6-10-9-11(17(5)16-10)15-12(18)14-7-8-20(19)13(2,3)4/h9H,6-8H2,1-5H3,(H2,14,15,18)/t20-/m0/s1. The van der Waals surface area contributed by atoms with Crippen molar-refractivity contribution < 1.29 is 9.00 Å². The fourth-order valence-electron chi connectivity index (χ4n) is 1.54. The fraction of sp³-hybridized carbons (Fsp3) is 0.692. The molecule has 2 amide bonds. The first-order valence-corrected chi connectivity index (χ1v) is 8.02. The molecule has 0 aliphatic heterocycles. The number of hydrogen-bond acceptors (Lipinski definition) is 3. The zero-order chi connectivity index (χ0) is 15.3. The molecule has 114 valence electrons. The van der Waals surface area contributed by atoms with Crippen LogP contribution in [0.5, 0.6) is 0 Å². The van der Waals surface area contributed by atoms with Gasteiger partial charge in [0.25, 0.3) is 0 Å². The average Bonchev–Trinajstić information content (AvgIpc) is 2.69. The first-order valence-electron chi connectivity index (χ1n) is 6.70. The summed E-state index contributed by atoms with van der Waals surface area (Å²) in [6, 6.07) is 1.54. The monoisotopic (exact) mass is 300 g/mol. The molecule has 1 atom stereocenters. The summed E-state index contributed by atoms with van der Waals surface area (Å²) in [5.74, 6) is 1.10. The minimum absolute atomic E-state index is 0.254. The van der Waals surface area contributed by atoms with Crippen LogP contribution in [-0.4, -0.2) is 37.1 Å². The summed E-state index contributed by atoms with van der Waals surface area (Å²) in [5, 5.41) is 9.68. The third-order valence-electron chi connectivity index (χ3n) is 2.79. The van der Waals surface area contributed by atoms with Crippen LogP contribution in [0, 0.1) is 0 Å². The molecule has 1 rings (SSSR count). The Hall–Kier alpha value is -1.37. The number of rotatable bonds is 5. The molecule has 0 bridgehead atoms. The van der Waals surface area contributed by atoms with Gasteiger partial charge in [-0.2, -0.15) is 5.10 Å². The molecule has 0 saturated heterocycles. The third kappa shape index (κ3) is 4.96. The molecule has 20 heavy (non-hydrogen) atoms. The molecule has 1 aromatic heterocycles. The lowest BCUT2D eigenvalue weighted by atomic mass is 10.3. The summed E-state index contributed by atoms with van der Waals surface area (Å²) in [5.41, 5.74) is 0.927. The Morgan fingerprint density at radius 3 is 2.60 bits per heavy atom. The first-order chi connectivity index (χ1) is 9.24. The van der Waals surface area contributed by atoms with Crippen LogP contribution in [0.25, 0.3) is 0 Å². The molecule has 7 heteroatoms. The Balaban J connectivity index is 2.41. The smallest absolute Gasteiger partial charge is 0.320 e. The van der Waals surface area contributed by atoms with Crippen LogP contribution < -0.4 is 10.6 Å². The lowest BCUT2D eigenvalue weighted by Crippen LogP contribution is -2.35. The van der Waals surface area contributed by atoms with Crippen molar-refractivity contribution in [3.05, 3.63) is 11.8 Å². The second-order valence-corrected chi connectivity index (χ2v) is 7.87. The molecule has 0 spiro atoms. The highest BCUT2D eigenvalue weighted by Crippen LogP contribution is 2.11. The van der Waals surface area contributed by atoms with Gasteiger partial charge in [-0.05, 0) is 27.2 Å². The number of anilines is 1. The number of nitrogens with one attached hydrogen (secondary N) is 2. The summed E-state index contributed by atoms with van der Waals surface area (Å²) in [7, 11) is 0.819. The summed E-state index contributed by atoms with van der Waals surface area (Å²) < 4.78 is 13.2. The molecule has 1 heterocycles. The lowest BCUT2D eigenvalue weighted by molar-refractivity contribution is 0.252. The number of nitrogens with zero attached hydrogens (tertiary/aromatic N) is 2. The first kappa shape index (κ1) is 16.7. The molecule has 0 aliphatic rings. The van der Waals surface area contributed by atoms with Crippen molar-refractivity contribution in [2.24, 2.45) is 7.05 Å². The van der Waals surface area contributed by atoms with Gasteiger partial charge < -0.3 is 5.32 Å². The van der Waals surface area contributed by atoms with E-state index in [1.54, 1.807) is 11.7 Å². The Morgan fingerprint density at radius 2 is 2.10 bits per heavy atom. The van der Waals surface area contributed by atoms with Gasteiger partial charge in [-0.15, -0.1) is 0 Å². The number of aryl methyl sites for hydroxylation is 2. The van der Waals surface area contributed by atoms with Crippen LogP contribution in [0.15, 0.2) is 6.07 Å². The molecule has 1 aromatic rings. The van der Waals surface area contributed by atoms with Gasteiger partial charge in [0.15, 0.2) is 0 Å². The largest absolute Gasteiger partial charge is 0.337 e. The molecule has 0 radical (unpaired) electrons. The quantitative estimate of drug-likeness (QED) is 0.868. The van der Waals surface area contributed by atoms with Crippen molar-refractivity contribution in [3.8, 4) is 0 Å². The number of hydrogen-bond donors (Lipinski definition) is 2. The van der Waals surface area contributed by atoms with Gasteiger partial charge in [0.05, 0.1) is 5.69 Å². The molecular weight excluding hydrogens is 276 g/mol. The number of carbonyl (C=O) groups is 1. The zero-order valence-electron chi connectivity index (χ0n) is 12.8. The highest BCUT2D eigenvalue weighted by Gasteiger charge is 2.19. The van der Waals surface area contributed by atoms with Crippen LogP contribution in [-0.2, 0) is 24.3 Å². The summed E-state index contributed by atoms with van der Waals surface area (Å²) >= 11 is 0. The van der Waals surface area contributed by atoms with Gasteiger partial charge >= 0.3 is 6.03 Å². The van der Waals surface area contributed by atoms with Gasteiger partial charge in [-0.3, -0.25) is 14.2 Å². The van der Waals surface area contributed by atoms with Crippen LogP contribution in [0.4, 0.5) is 10.6 Å². The average molecular weight is 300 g/mol. The third-order valence-corrected chi connectivity index (χ3v) is 4.73. The maximum Gasteiger partial charge on any atom is 0.320 e. The summed E-state index contributed by atoms with van der Waals surface area (Å²) in [6.07, 6.45) is 0.821. The Labute approximate surface area is 122 Å². The number of amides is 2. The van der Waals surface area contributed by atoms with Gasteiger partial charge in [-0.25, -0.2) is 4.79 Å². The Morgan fingerprint density at radius 1 is 1.45 bits per heavy atom. The van der Waals surface area contributed by atoms with Crippen LogP contribution in [0.2, 0.25) is 0 Å². The minimum atomic E-state index is -0.962. The molecule has 0 unspecified atom stereocenters. The highest BCUT2D eigenvalue weighted by molar-refractivity contribution is 7.86. The fourth-order valence-corrected chi connectivity index (χ4v) is 2.44. The van der Waals surface area contributed by atoms with Crippen molar-refractivity contribution in [3.63, 3.8) is 0 Å². The van der Waals surface area contributed by atoms with E-state index in [-0.39, 0.29) is 10.8 Å². The molecule has 6 nitrogen and oxygen atoms in total. The lowest BCUT2D eigenvalue weighted by Gasteiger charge is -2.17. The summed E-state index contributed by atoms with van der Waals surface area (Å²) in [6.45, 7) is 8.16. The van der Waals surface area contributed by atoms with Crippen molar-refractivity contribution >= 4 is 22.6 Å². The SMILES string of the molecule is CCc1cc(NC(=O)NCC[S@](=O)C(C)(C)C)n(C)n1. The van der Waals surface area contributed by atoms with Gasteiger partial charge in [0.1, 0.15) is 5.82 Å². The molecule has 0 aromatic carbocycles. The van der Waals surface area contributed by atoms with E-state index in [4.69, 9.17) is 0 Å². The number of carbonyl (C=O) groups excluding carboxylic acids is 1. The predicted molar refractivity (Wildman–Crippen MR) is 82.4 cm³/mol. The second kappa shape index (κ2) is 6.88. The van der Waals surface area contributed by atoms with Gasteiger partial charge in [0.2, 0.25) is 0 Å². The molecule has 2 N–H and O–H groups in total.